The smallest absolute Gasteiger partial charge is 0.115 e. The van der Waals surface area contributed by atoms with Crippen molar-refractivity contribution >= 4 is 11.3 Å². The van der Waals surface area contributed by atoms with E-state index in [0.29, 0.717) is 0 Å². The molecule has 4 nitrogen and oxygen atoms in total. The number of aryl methyl sites for hydroxylation is 3. The number of hydrogen-bond donors (Lipinski definition) is 1. The van der Waals surface area contributed by atoms with Gasteiger partial charge in [-0.15, -0.1) is 11.3 Å². The lowest BCUT2D eigenvalue weighted by Gasteiger charge is -1.99. The van der Waals surface area contributed by atoms with Crippen LogP contribution < -0.4 is 5.32 Å². The molecule has 0 atom stereocenters. The Bertz CT molecular complexity index is 561. The molecule has 0 saturated heterocycles. The molecular formula is C14H20N4S. The largest absolute Gasteiger partial charge is 0.310 e. The van der Waals surface area contributed by atoms with Crippen molar-refractivity contribution in [2.24, 2.45) is 0 Å². The first-order chi connectivity index (χ1) is 9.11. The third kappa shape index (κ3) is 3.04. The fourth-order valence-corrected chi connectivity index (χ4v) is 3.03. The van der Waals surface area contributed by atoms with Gasteiger partial charge in [0.1, 0.15) is 5.01 Å². The van der Waals surface area contributed by atoms with E-state index in [2.05, 4.69) is 42.4 Å². The maximum atomic E-state index is 4.59. The van der Waals surface area contributed by atoms with E-state index >= 15 is 0 Å². The van der Waals surface area contributed by atoms with Crippen LogP contribution in [0.2, 0.25) is 0 Å². The lowest BCUT2D eigenvalue weighted by Crippen LogP contribution is -2.15. The number of thiazole rings is 1. The van der Waals surface area contributed by atoms with E-state index in [1.807, 2.05) is 4.68 Å². The van der Waals surface area contributed by atoms with Gasteiger partial charge < -0.3 is 5.32 Å². The van der Waals surface area contributed by atoms with Gasteiger partial charge in [0.05, 0.1) is 17.9 Å². The van der Waals surface area contributed by atoms with Gasteiger partial charge in [-0.3, -0.25) is 4.68 Å². The highest BCUT2D eigenvalue weighted by Gasteiger charge is 2.20. The molecule has 2 heterocycles. The molecule has 1 aliphatic carbocycles. The van der Waals surface area contributed by atoms with Crippen LogP contribution in [0.5, 0.6) is 0 Å². The minimum atomic E-state index is 0.743. The Balaban J connectivity index is 1.68. The molecule has 19 heavy (non-hydrogen) atoms. The molecule has 3 rings (SSSR count). The molecule has 1 N–H and O–H groups in total. The zero-order chi connectivity index (χ0) is 13.4. The lowest BCUT2D eigenvalue weighted by atomic mass is 10.2. The Morgan fingerprint density at radius 2 is 2.11 bits per heavy atom. The maximum Gasteiger partial charge on any atom is 0.115 e. The third-order valence-corrected chi connectivity index (χ3v) is 4.63. The van der Waals surface area contributed by atoms with Crippen molar-refractivity contribution < 1.29 is 0 Å². The van der Waals surface area contributed by atoms with Crippen LogP contribution in [0.3, 0.4) is 0 Å². The topological polar surface area (TPSA) is 42.7 Å². The second kappa shape index (κ2) is 5.06. The summed E-state index contributed by atoms with van der Waals surface area (Å²) in [6.45, 7) is 7.99. The van der Waals surface area contributed by atoms with Crippen molar-refractivity contribution in [1.82, 2.24) is 20.1 Å². The maximum absolute atomic E-state index is 4.59. The van der Waals surface area contributed by atoms with E-state index in [4.69, 9.17) is 0 Å². The number of nitrogens with one attached hydrogen (secondary N) is 1. The van der Waals surface area contributed by atoms with Gasteiger partial charge in [0.15, 0.2) is 0 Å². The van der Waals surface area contributed by atoms with Crippen LogP contribution in [0.1, 0.15) is 39.7 Å². The highest BCUT2D eigenvalue weighted by Crippen LogP contribution is 2.20. The zero-order valence-corrected chi connectivity index (χ0v) is 12.5. The molecule has 0 unspecified atom stereocenters. The van der Waals surface area contributed by atoms with E-state index in [-0.39, 0.29) is 0 Å². The zero-order valence-electron chi connectivity index (χ0n) is 11.7. The van der Waals surface area contributed by atoms with Crippen LogP contribution in [0.15, 0.2) is 6.20 Å². The summed E-state index contributed by atoms with van der Waals surface area (Å²) in [6.07, 6.45) is 4.80. The Morgan fingerprint density at radius 3 is 2.74 bits per heavy atom. The Labute approximate surface area is 117 Å². The normalized spacial score (nSPS) is 15.1. The van der Waals surface area contributed by atoms with Crippen LogP contribution in [0.25, 0.3) is 0 Å². The minimum absolute atomic E-state index is 0.743. The van der Waals surface area contributed by atoms with Crippen LogP contribution >= 0.6 is 11.3 Å². The highest BCUT2D eigenvalue weighted by atomic mass is 32.1. The van der Waals surface area contributed by atoms with Crippen molar-refractivity contribution in [2.45, 2.75) is 52.7 Å². The van der Waals surface area contributed by atoms with Gasteiger partial charge in [0, 0.05) is 29.2 Å². The highest BCUT2D eigenvalue weighted by molar-refractivity contribution is 7.11. The Hall–Kier alpha value is -1.20. The van der Waals surface area contributed by atoms with Gasteiger partial charge in [-0.05, 0) is 33.6 Å². The van der Waals surface area contributed by atoms with Crippen molar-refractivity contribution in [3.05, 3.63) is 33.0 Å². The summed E-state index contributed by atoms with van der Waals surface area (Å²) < 4.78 is 2.01. The van der Waals surface area contributed by atoms with E-state index in [0.717, 1.165) is 35.5 Å². The molecule has 2 aromatic heterocycles. The molecule has 0 bridgehead atoms. The van der Waals surface area contributed by atoms with E-state index in [9.17, 15) is 0 Å². The van der Waals surface area contributed by atoms with Gasteiger partial charge in [-0.1, -0.05) is 0 Å². The van der Waals surface area contributed by atoms with Crippen molar-refractivity contribution in [3.63, 3.8) is 0 Å². The molecule has 5 heteroatoms. The minimum Gasteiger partial charge on any atom is -0.310 e. The number of hydrogen-bond acceptors (Lipinski definition) is 4. The second-order valence-corrected chi connectivity index (χ2v) is 6.63. The van der Waals surface area contributed by atoms with Crippen molar-refractivity contribution in [1.29, 1.82) is 0 Å². The fraction of sp³-hybridized carbons (Fsp3) is 0.571. The third-order valence-electron chi connectivity index (χ3n) is 3.58. The predicted molar refractivity (Wildman–Crippen MR) is 77.5 cm³/mol. The summed E-state index contributed by atoms with van der Waals surface area (Å²) in [7, 11) is 0. The molecule has 0 amide bonds. The number of nitrogens with zero attached hydrogens (tertiary/aromatic N) is 3. The molecule has 0 aromatic carbocycles. The summed E-state index contributed by atoms with van der Waals surface area (Å²) in [6, 6.07) is 0.743. The van der Waals surface area contributed by atoms with E-state index in [1.54, 1.807) is 11.3 Å². The van der Waals surface area contributed by atoms with Crippen LogP contribution in [0, 0.1) is 20.8 Å². The molecule has 1 saturated carbocycles. The predicted octanol–water partition coefficient (Wildman–Crippen LogP) is 2.57. The fourth-order valence-electron chi connectivity index (χ4n) is 2.10. The van der Waals surface area contributed by atoms with E-state index in [1.165, 1.54) is 23.3 Å². The van der Waals surface area contributed by atoms with Crippen LogP contribution in [-0.4, -0.2) is 20.8 Å². The van der Waals surface area contributed by atoms with E-state index < -0.39 is 0 Å². The monoisotopic (exact) mass is 276 g/mol. The van der Waals surface area contributed by atoms with Gasteiger partial charge in [0.2, 0.25) is 0 Å². The molecule has 0 spiro atoms. The number of aromatic nitrogens is 3. The Kier molecular flexibility index (Phi) is 3.41. The summed E-state index contributed by atoms with van der Waals surface area (Å²) in [5, 5.41) is 9.26. The first-order valence-electron chi connectivity index (χ1n) is 6.81. The summed E-state index contributed by atoms with van der Waals surface area (Å²) in [5.74, 6) is 0. The molecule has 0 radical (unpaired) electrons. The molecule has 102 valence electrons. The van der Waals surface area contributed by atoms with Crippen molar-refractivity contribution in [3.8, 4) is 0 Å². The lowest BCUT2D eigenvalue weighted by molar-refractivity contribution is 0.671. The van der Waals surface area contributed by atoms with Gasteiger partial charge in [-0.2, -0.15) is 5.10 Å². The number of rotatable bonds is 5. The van der Waals surface area contributed by atoms with Crippen molar-refractivity contribution in [2.75, 3.05) is 0 Å². The SMILES string of the molecule is Cc1nn(Cc2nc(C)c(C)s2)cc1CNC1CC1. The molecule has 0 aliphatic heterocycles. The summed E-state index contributed by atoms with van der Waals surface area (Å²) in [4.78, 5) is 5.87. The van der Waals surface area contributed by atoms with Gasteiger partial charge in [-0.25, -0.2) is 4.98 Å². The first-order valence-corrected chi connectivity index (χ1v) is 7.62. The molecular weight excluding hydrogens is 256 g/mol. The Morgan fingerprint density at radius 1 is 1.32 bits per heavy atom. The second-order valence-electron chi connectivity index (χ2n) is 5.34. The molecule has 2 aromatic rings. The average molecular weight is 276 g/mol. The quantitative estimate of drug-likeness (QED) is 0.912. The standard InChI is InChI=1S/C14H20N4S/c1-9-11(3)19-14(16-9)8-18-7-12(10(2)17-18)6-15-13-4-5-13/h7,13,15H,4-6,8H2,1-3H3. The van der Waals surface area contributed by atoms with Crippen LogP contribution in [-0.2, 0) is 13.1 Å². The first kappa shape index (κ1) is 12.8. The van der Waals surface area contributed by atoms with Gasteiger partial charge >= 0.3 is 0 Å². The summed E-state index contributed by atoms with van der Waals surface area (Å²) in [5.41, 5.74) is 3.56. The van der Waals surface area contributed by atoms with Crippen LogP contribution in [0.4, 0.5) is 0 Å². The summed E-state index contributed by atoms with van der Waals surface area (Å²) >= 11 is 1.76. The molecule has 1 aliphatic rings. The van der Waals surface area contributed by atoms with Gasteiger partial charge in [0.25, 0.3) is 0 Å². The molecule has 1 fully saturated rings. The average Bonchev–Trinajstić information content (AvgIpc) is 3.04.